The van der Waals surface area contributed by atoms with Crippen LogP contribution >= 0.6 is 11.8 Å². The molecular formula is C26H28FN3O3S. The molecule has 0 aliphatic carbocycles. The molecule has 0 aromatic heterocycles. The molecule has 2 saturated heterocycles. The highest BCUT2D eigenvalue weighted by molar-refractivity contribution is 7.98. The summed E-state index contributed by atoms with van der Waals surface area (Å²) in [5, 5.41) is 2.33. The summed E-state index contributed by atoms with van der Waals surface area (Å²) in [5.74, 6) is -0.465. The molecule has 3 heterocycles. The molecule has 1 atom stereocenters. The summed E-state index contributed by atoms with van der Waals surface area (Å²) in [4.78, 5) is 41.6. The van der Waals surface area contributed by atoms with Crippen LogP contribution in [0.5, 0.6) is 0 Å². The summed E-state index contributed by atoms with van der Waals surface area (Å²) < 4.78 is 14.8. The van der Waals surface area contributed by atoms with Gasteiger partial charge in [0.25, 0.3) is 5.91 Å². The van der Waals surface area contributed by atoms with Crippen molar-refractivity contribution in [1.29, 1.82) is 0 Å². The van der Waals surface area contributed by atoms with Gasteiger partial charge in [0.05, 0.1) is 0 Å². The van der Waals surface area contributed by atoms with Crippen molar-refractivity contribution in [2.24, 2.45) is 0 Å². The maximum absolute atomic E-state index is 14.8. The van der Waals surface area contributed by atoms with Crippen molar-refractivity contribution in [2.75, 3.05) is 13.1 Å². The van der Waals surface area contributed by atoms with E-state index in [2.05, 4.69) is 10.2 Å². The van der Waals surface area contributed by atoms with Crippen LogP contribution in [0.25, 0.3) is 0 Å². The van der Waals surface area contributed by atoms with Crippen molar-refractivity contribution < 1.29 is 18.8 Å². The zero-order valence-corrected chi connectivity index (χ0v) is 19.8. The number of hydrogen-bond donors (Lipinski definition) is 1. The molecule has 3 amide bonds. The molecule has 8 heteroatoms. The number of carbonyl (C=O) groups excluding carboxylic acids is 3. The number of rotatable bonds is 6. The predicted octanol–water partition coefficient (Wildman–Crippen LogP) is 3.86. The van der Waals surface area contributed by atoms with Crippen LogP contribution in [0.3, 0.4) is 0 Å². The first kappa shape index (κ1) is 23.1. The lowest BCUT2D eigenvalue weighted by Gasteiger charge is -2.29. The third-order valence-electron chi connectivity index (χ3n) is 6.89. The maximum atomic E-state index is 14.8. The predicted molar refractivity (Wildman–Crippen MR) is 128 cm³/mol. The Morgan fingerprint density at radius 3 is 2.65 bits per heavy atom. The zero-order chi connectivity index (χ0) is 23.7. The molecule has 34 heavy (non-hydrogen) atoms. The van der Waals surface area contributed by atoms with Crippen LogP contribution in [0, 0.1) is 5.82 Å². The lowest BCUT2D eigenvalue weighted by atomic mass is 10.0. The number of imide groups is 1. The van der Waals surface area contributed by atoms with Crippen LogP contribution < -0.4 is 5.32 Å². The minimum Gasteiger partial charge on any atom is -0.322 e. The number of nitrogens with zero attached hydrogens (tertiary/aromatic N) is 2. The van der Waals surface area contributed by atoms with Crippen molar-refractivity contribution in [1.82, 2.24) is 15.1 Å². The second kappa shape index (κ2) is 9.88. The molecule has 5 rings (SSSR count). The van der Waals surface area contributed by atoms with Gasteiger partial charge in [-0.15, -0.1) is 11.8 Å². The van der Waals surface area contributed by atoms with E-state index in [1.807, 2.05) is 24.3 Å². The summed E-state index contributed by atoms with van der Waals surface area (Å²) in [6.07, 6.45) is 4.20. The third-order valence-corrected chi connectivity index (χ3v) is 8.06. The number of fused-ring (bicyclic) bond motifs is 1. The van der Waals surface area contributed by atoms with Crippen LogP contribution in [0.4, 0.5) is 4.39 Å². The molecule has 178 valence electrons. The van der Waals surface area contributed by atoms with Gasteiger partial charge in [-0.1, -0.05) is 24.6 Å². The van der Waals surface area contributed by atoms with E-state index in [1.165, 1.54) is 19.3 Å². The highest BCUT2D eigenvalue weighted by atomic mass is 32.2. The van der Waals surface area contributed by atoms with Gasteiger partial charge in [-0.3, -0.25) is 24.6 Å². The first-order valence-electron chi connectivity index (χ1n) is 11.9. The van der Waals surface area contributed by atoms with E-state index in [4.69, 9.17) is 0 Å². The van der Waals surface area contributed by atoms with E-state index in [1.54, 1.807) is 28.8 Å². The van der Waals surface area contributed by atoms with E-state index < -0.39 is 11.9 Å². The summed E-state index contributed by atoms with van der Waals surface area (Å²) in [6, 6.07) is 10.5. The molecule has 6 nitrogen and oxygen atoms in total. The van der Waals surface area contributed by atoms with E-state index in [0.29, 0.717) is 30.8 Å². The summed E-state index contributed by atoms with van der Waals surface area (Å²) >= 11 is 1.57. The molecule has 3 aliphatic heterocycles. The summed E-state index contributed by atoms with van der Waals surface area (Å²) in [6.45, 7) is 3.06. The SMILES string of the molecule is O=C1CCC(N2Cc3c(SCc4ccc(CN5CCCCC5)c(F)c4)cccc3C2=O)C(=O)N1. The van der Waals surface area contributed by atoms with Gasteiger partial charge in [-0.2, -0.15) is 0 Å². The Hall–Kier alpha value is -2.71. The zero-order valence-electron chi connectivity index (χ0n) is 19.0. The number of thioether (sulfide) groups is 1. The lowest BCUT2D eigenvalue weighted by molar-refractivity contribution is -0.136. The Balaban J connectivity index is 1.26. The van der Waals surface area contributed by atoms with Gasteiger partial charge in [0.2, 0.25) is 11.8 Å². The van der Waals surface area contributed by atoms with Crippen LogP contribution in [0.2, 0.25) is 0 Å². The van der Waals surface area contributed by atoms with Crippen LogP contribution in [-0.2, 0) is 28.4 Å². The van der Waals surface area contributed by atoms with Crippen molar-refractivity contribution in [3.63, 3.8) is 0 Å². The highest BCUT2D eigenvalue weighted by Gasteiger charge is 2.39. The molecule has 1 unspecified atom stereocenters. The Morgan fingerprint density at radius 1 is 1.06 bits per heavy atom. The monoisotopic (exact) mass is 481 g/mol. The number of amides is 3. The smallest absolute Gasteiger partial charge is 0.255 e. The number of likely N-dealkylation sites (tertiary alicyclic amines) is 1. The molecule has 0 spiro atoms. The topological polar surface area (TPSA) is 69.7 Å². The molecule has 3 aliphatic rings. The second-order valence-corrected chi connectivity index (χ2v) is 10.3. The number of carbonyl (C=O) groups is 3. The fourth-order valence-electron chi connectivity index (χ4n) is 5.02. The first-order chi connectivity index (χ1) is 16.5. The van der Waals surface area contributed by atoms with Crippen LogP contribution in [-0.4, -0.2) is 46.7 Å². The highest BCUT2D eigenvalue weighted by Crippen LogP contribution is 2.35. The van der Waals surface area contributed by atoms with Gasteiger partial charge in [0.15, 0.2) is 0 Å². The standard InChI is InChI=1S/C26H28FN3O3S/c27-21-13-17(7-8-18(21)14-29-11-2-1-3-12-29)16-34-23-6-4-5-19-20(23)15-30(26(19)33)22-9-10-24(31)28-25(22)32/h4-8,13,22H,1-3,9-12,14-16H2,(H,28,31,32). The number of hydrogen-bond acceptors (Lipinski definition) is 5. The third kappa shape index (κ3) is 4.74. The number of nitrogens with one attached hydrogen (secondary N) is 1. The van der Waals surface area contributed by atoms with Gasteiger partial charge < -0.3 is 4.90 Å². The second-order valence-electron chi connectivity index (χ2n) is 9.23. The fourth-order valence-corrected chi connectivity index (χ4v) is 6.05. The van der Waals surface area contributed by atoms with Crippen molar-refractivity contribution in [2.45, 2.75) is 61.9 Å². The molecule has 1 N–H and O–H groups in total. The van der Waals surface area contributed by atoms with Gasteiger partial charge >= 0.3 is 0 Å². The molecule has 2 aromatic carbocycles. The minimum atomic E-state index is -0.628. The Bertz CT molecular complexity index is 1130. The van der Waals surface area contributed by atoms with E-state index in [-0.39, 0.29) is 24.1 Å². The maximum Gasteiger partial charge on any atom is 0.255 e. The summed E-state index contributed by atoms with van der Waals surface area (Å²) in [7, 11) is 0. The summed E-state index contributed by atoms with van der Waals surface area (Å²) in [5.41, 5.74) is 3.12. The Morgan fingerprint density at radius 2 is 1.88 bits per heavy atom. The average molecular weight is 482 g/mol. The Kier molecular flexibility index (Phi) is 6.70. The molecular weight excluding hydrogens is 453 g/mol. The average Bonchev–Trinajstić information content (AvgIpc) is 3.17. The lowest BCUT2D eigenvalue weighted by Crippen LogP contribution is -2.52. The van der Waals surface area contributed by atoms with Crippen LogP contribution in [0.15, 0.2) is 41.3 Å². The number of halogens is 1. The van der Waals surface area contributed by atoms with E-state index in [9.17, 15) is 18.8 Å². The molecule has 0 bridgehead atoms. The van der Waals surface area contributed by atoms with Crippen molar-refractivity contribution in [3.8, 4) is 0 Å². The number of benzene rings is 2. The van der Waals surface area contributed by atoms with Gasteiger partial charge in [-0.05, 0) is 61.7 Å². The number of piperidine rings is 2. The largest absolute Gasteiger partial charge is 0.322 e. The normalized spacial score (nSPS) is 21.0. The first-order valence-corrected chi connectivity index (χ1v) is 12.9. The van der Waals surface area contributed by atoms with Gasteiger partial charge in [0.1, 0.15) is 11.9 Å². The molecule has 0 radical (unpaired) electrons. The van der Waals surface area contributed by atoms with E-state index in [0.717, 1.165) is 34.7 Å². The quantitative estimate of drug-likeness (QED) is 0.501. The van der Waals surface area contributed by atoms with Crippen molar-refractivity contribution >= 4 is 29.5 Å². The fraction of sp³-hybridized carbons (Fsp3) is 0.423. The molecule has 2 fully saturated rings. The van der Waals surface area contributed by atoms with Crippen molar-refractivity contribution in [3.05, 3.63) is 64.5 Å². The van der Waals surface area contributed by atoms with E-state index >= 15 is 0 Å². The van der Waals surface area contributed by atoms with Crippen LogP contribution in [0.1, 0.15) is 59.2 Å². The molecule has 0 saturated carbocycles. The molecule has 2 aromatic rings. The minimum absolute atomic E-state index is 0.166. The Labute approximate surface area is 202 Å². The van der Waals surface area contributed by atoms with Gasteiger partial charge in [-0.25, -0.2) is 4.39 Å². The van der Waals surface area contributed by atoms with Gasteiger partial charge in [0, 0.05) is 41.3 Å².